The summed E-state index contributed by atoms with van der Waals surface area (Å²) in [5, 5.41) is 0. The first-order chi connectivity index (χ1) is 15.9. The number of benzene rings is 2. The maximum Gasteiger partial charge on any atom is 0.269 e. The molecule has 9 nitrogen and oxygen atoms in total. The molecule has 33 heavy (non-hydrogen) atoms. The Hall–Kier alpha value is -3.59. The van der Waals surface area contributed by atoms with Gasteiger partial charge in [0, 0.05) is 31.7 Å². The lowest BCUT2D eigenvalue weighted by molar-refractivity contribution is -0.132. The van der Waals surface area contributed by atoms with Crippen LogP contribution in [0.4, 0.5) is 0 Å². The van der Waals surface area contributed by atoms with Gasteiger partial charge in [0.05, 0.1) is 27.2 Å². The molecule has 1 saturated heterocycles. The van der Waals surface area contributed by atoms with Crippen molar-refractivity contribution in [2.75, 3.05) is 46.9 Å². The van der Waals surface area contributed by atoms with Gasteiger partial charge in [-0.1, -0.05) is 29.8 Å². The van der Waals surface area contributed by atoms with Gasteiger partial charge >= 0.3 is 0 Å². The number of hydrogen-bond acceptors (Lipinski definition) is 6. The standard InChI is InChI=1S/C24H30N4O5/c1-17-4-6-18(7-5-17)14-23(30)28-12-10-27(11-13-28)16-22(29)25-26-24(31)19-8-9-20(32-2)21(15-19)33-3/h4-9,15H,10-14,16H2,1-3H3,(H,25,29)(H,26,31). The first-order valence-corrected chi connectivity index (χ1v) is 10.8. The third-order valence-corrected chi connectivity index (χ3v) is 5.53. The molecule has 0 atom stereocenters. The highest BCUT2D eigenvalue weighted by Crippen LogP contribution is 2.27. The van der Waals surface area contributed by atoms with E-state index in [1.54, 1.807) is 12.1 Å². The number of carbonyl (C=O) groups excluding carboxylic acids is 3. The summed E-state index contributed by atoms with van der Waals surface area (Å²) in [4.78, 5) is 40.9. The van der Waals surface area contributed by atoms with Crippen molar-refractivity contribution in [3.63, 3.8) is 0 Å². The average Bonchev–Trinajstić information content (AvgIpc) is 2.83. The molecule has 1 heterocycles. The molecule has 1 fully saturated rings. The molecule has 1 aliphatic rings. The summed E-state index contributed by atoms with van der Waals surface area (Å²) >= 11 is 0. The van der Waals surface area contributed by atoms with Gasteiger partial charge in [-0.2, -0.15) is 0 Å². The molecule has 0 aliphatic carbocycles. The van der Waals surface area contributed by atoms with Gasteiger partial charge < -0.3 is 14.4 Å². The van der Waals surface area contributed by atoms with Crippen molar-refractivity contribution in [3.8, 4) is 11.5 Å². The van der Waals surface area contributed by atoms with Crippen LogP contribution in [0.15, 0.2) is 42.5 Å². The molecule has 0 bridgehead atoms. The Bertz CT molecular complexity index is 985. The molecule has 0 radical (unpaired) electrons. The molecular weight excluding hydrogens is 424 g/mol. The summed E-state index contributed by atoms with van der Waals surface area (Å²) in [5.41, 5.74) is 7.33. The van der Waals surface area contributed by atoms with Gasteiger partial charge in [0.15, 0.2) is 11.5 Å². The number of rotatable bonds is 7. The van der Waals surface area contributed by atoms with Gasteiger partial charge in [0.2, 0.25) is 5.91 Å². The number of methoxy groups -OCH3 is 2. The van der Waals surface area contributed by atoms with Gasteiger partial charge in [-0.3, -0.25) is 30.1 Å². The van der Waals surface area contributed by atoms with Crippen molar-refractivity contribution >= 4 is 17.7 Å². The molecule has 2 N–H and O–H groups in total. The van der Waals surface area contributed by atoms with Crippen LogP contribution in [0, 0.1) is 6.92 Å². The van der Waals surface area contributed by atoms with Crippen molar-refractivity contribution in [3.05, 3.63) is 59.2 Å². The lowest BCUT2D eigenvalue weighted by Gasteiger charge is -2.34. The fraction of sp³-hybridized carbons (Fsp3) is 0.375. The highest BCUT2D eigenvalue weighted by molar-refractivity contribution is 5.96. The minimum absolute atomic E-state index is 0.0881. The highest BCUT2D eigenvalue weighted by Gasteiger charge is 2.22. The Labute approximate surface area is 193 Å². The Balaban J connectivity index is 1.40. The predicted molar refractivity (Wildman–Crippen MR) is 123 cm³/mol. The topological polar surface area (TPSA) is 100 Å². The number of nitrogens with zero attached hydrogens (tertiary/aromatic N) is 2. The largest absolute Gasteiger partial charge is 0.493 e. The second kappa shape index (κ2) is 11.3. The fourth-order valence-corrected chi connectivity index (χ4v) is 3.57. The number of amides is 3. The summed E-state index contributed by atoms with van der Waals surface area (Å²) in [6.07, 6.45) is 0.378. The van der Waals surface area contributed by atoms with E-state index in [1.807, 2.05) is 41.0 Å². The maximum atomic E-state index is 12.5. The predicted octanol–water partition coefficient (Wildman–Crippen LogP) is 1.16. The fourth-order valence-electron chi connectivity index (χ4n) is 3.57. The van der Waals surface area contributed by atoms with Crippen LogP contribution < -0.4 is 20.3 Å². The second-order valence-corrected chi connectivity index (χ2v) is 7.89. The Morgan fingerprint density at radius 2 is 1.55 bits per heavy atom. The molecule has 9 heteroatoms. The summed E-state index contributed by atoms with van der Waals surface area (Å²) < 4.78 is 10.3. The molecule has 2 aromatic rings. The van der Waals surface area contributed by atoms with E-state index >= 15 is 0 Å². The SMILES string of the molecule is COc1ccc(C(=O)NNC(=O)CN2CCN(C(=O)Cc3ccc(C)cc3)CC2)cc1OC. The molecule has 0 unspecified atom stereocenters. The van der Waals surface area contributed by atoms with E-state index in [0.29, 0.717) is 49.7 Å². The monoisotopic (exact) mass is 454 g/mol. The van der Waals surface area contributed by atoms with E-state index in [-0.39, 0.29) is 18.4 Å². The van der Waals surface area contributed by atoms with E-state index in [2.05, 4.69) is 10.9 Å². The summed E-state index contributed by atoms with van der Waals surface area (Å²) in [5.74, 6) is 0.227. The molecule has 1 aliphatic heterocycles. The van der Waals surface area contributed by atoms with Crippen molar-refractivity contribution in [2.24, 2.45) is 0 Å². The van der Waals surface area contributed by atoms with Crippen LogP contribution in [-0.2, 0) is 16.0 Å². The molecule has 2 aromatic carbocycles. The van der Waals surface area contributed by atoms with E-state index in [1.165, 1.54) is 20.3 Å². The first kappa shape index (κ1) is 24.1. The van der Waals surface area contributed by atoms with E-state index in [9.17, 15) is 14.4 Å². The summed E-state index contributed by atoms with van der Waals surface area (Å²) in [6, 6.07) is 12.7. The van der Waals surface area contributed by atoms with Crippen molar-refractivity contribution in [2.45, 2.75) is 13.3 Å². The zero-order valence-corrected chi connectivity index (χ0v) is 19.2. The van der Waals surface area contributed by atoms with Crippen molar-refractivity contribution < 1.29 is 23.9 Å². The number of carbonyl (C=O) groups is 3. The molecule has 0 spiro atoms. The van der Waals surface area contributed by atoms with Crippen LogP contribution in [0.1, 0.15) is 21.5 Å². The molecule has 3 rings (SSSR count). The zero-order valence-electron chi connectivity index (χ0n) is 19.2. The lowest BCUT2D eigenvalue weighted by atomic mass is 10.1. The van der Waals surface area contributed by atoms with Crippen LogP contribution >= 0.6 is 0 Å². The van der Waals surface area contributed by atoms with E-state index in [4.69, 9.17) is 9.47 Å². The van der Waals surface area contributed by atoms with Crippen LogP contribution in [0.2, 0.25) is 0 Å². The maximum absolute atomic E-state index is 12.5. The Kier molecular flexibility index (Phi) is 8.26. The number of piperazine rings is 1. The summed E-state index contributed by atoms with van der Waals surface area (Å²) in [6.45, 7) is 4.47. The van der Waals surface area contributed by atoms with Gasteiger partial charge in [-0.25, -0.2) is 0 Å². The zero-order chi connectivity index (χ0) is 23.8. The number of aryl methyl sites for hydroxylation is 1. The number of hydrogen-bond donors (Lipinski definition) is 2. The minimum Gasteiger partial charge on any atom is -0.493 e. The smallest absolute Gasteiger partial charge is 0.269 e. The van der Waals surface area contributed by atoms with Gasteiger partial charge in [-0.05, 0) is 30.7 Å². The third kappa shape index (κ3) is 6.69. The van der Waals surface area contributed by atoms with Crippen molar-refractivity contribution in [1.82, 2.24) is 20.7 Å². The highest BCUT2D eigenvalue weighted by atomic mass is 16.5. The minimum atomic E-state index is -0.462. The van der Waals surface area contributed by atoms with Crippen LogP contribution in [0.5, 0.6) is 11.5 Å². The quantitative estimate of drug-likeness (QED) is 0.609. The molecule has 0 saturated carbocycles. The van der Waals surface area contributed by atoms with Crippen LogP contribution in [-0.4, -0.2) is 74.5 Å². The van der Waals surface area contributed by atoms with Crippen LogP contribution in [0.3, 0.4) is 0 Å². The Morgan fingerprint density at radius 1 is 0.879 bits per heavy atom. The third-order valence-electron chi connectivity index (χ3n) is 5.53. The van der Waals surface area contributed by atoms with E-state index < -0.39 is 5.91 Å². The molecule has 176 valence electrons. The van der Waals surface area contributed by atoms with E-state index in [0.717, 1.165) is 11.1 Å². The number of ether oxygens (including phenoxy) is 2. The van der Waals surface area contributed by atoms with Gasteiger partial charge in [-0.15, -0.1) is 0 Å². The lowest BCUT2D eigenvalue weighted by Crippen LogP contribution is -2.53. The summed E-state index contributed by atoms with van der Waals surface area (Å²) in [7, 11) is 2.99. The van der Waals surface area contributed by atoms with Gasteiger partial charge in [0.25, 0.3) is 11.8 Å². The average molecular weight is 455 g/mol. The normalized spacial score (nSPS) is 13.8. The second-order valence-electron chi connectivity index (χ2n) is 7.89. The molecular formula is C24H30N4O5. The molecule has 3 amide bonds. The molecule has 0 aromatic heterocycles. The van der Waals surface area contributed by atoms with Crippen LogP contribution in [0.25, 0.3) is 0 Å². The first-order valence-electron chi connectivity index (χ1n) is 10.8. The Morgan fingerprint density at radius 3 is 2.18 bits per heavy atom. The number of hydrazine groups is 1. The number of nitrogens with one attached hydrogen (secondary N) is 2. The van der Waals surface area contributed by atoms with Crippen molar-refractivity contribution in [1.29, 1.82) is 0 Å². The van der Waals surface area contributed by atoms with Gasteiger partial charge in [0.1, 0.15) is 0 Å².